The third kappa shape index (κ3) is 2.20. The fourth-order valence-electron chi connectivity index (χ4n) is 3.99. The van der Waals surface area contributed by atoms with E-state index in [1.165, 1.54) is 24.8 Å². The van der Waals surface area contributed by atoms with Gasteiger partial charge in [0.25, 0.3) is 0 Å². The third-order valence-electron chi connectivity index (χ3n) is 4.89. The molecule has 0 aromatic rings. The highest BCUT2D eigenvalue weighted by molar-refractivity contribution is 5.11. The summed E-state index contributed by atoms with van der Waals surface area (Å²) in [6.45, 7) is 10.6. The number of allylic oxidation sites excluding steroid dienone is 1. The van der Waals surface area contributed by atoms with Crippen LogP contribution in [0.15, 0.2) is 12.2 Å². The van der Waals surface area contributed by atoms with E-state index in [2.05, 4.69) is 13.5 Å². The zero-order valence-electron chi connectivity index (χ0n) is 11.0. The van der Waals surface area contributed by atoms with E-state index in [0.717, 1.165) is 18.8 Å². The third-order valence-corrected chi connectivity index (χ3v) is 4.89. The van der Waals surface area contributed by atoms with Gasteiger partial charge < -0.3 is 5.11 Å². The zero-order valence-corrected chi connectivity index (χ0v) is 11.0. The van der Waals surface area contributed by atoms with Crippen LogP contribution in [-0.2, 0) is 0 Å². The van der Waals surface area contributed by atoms with Gasteiger partial charge in [0, 0.05) is 0 Å². The lowest BCUT2D eigenvalue weighted by Gasteiger charge is -2.48. The van der Waals surface area contributed by atoms with Crippen LogP contribution in [0.4, 0.5) is 0 Å². The molecule has 1 N–H and O–H groups in total. The summed E-state index contributed by atoms with van der Waals surface area (Å²) in [6.07, 6.45) is 6.20. The van der Waals surface area contributed by atoms with Crippen molar-refractivity contribution < 1.29 is 5.11 Å². The molecule has 0 aliphatic heterocycles. The van der Waals surface area contributed by atoms with Gasteiger partial charge in [0.15, 0.2) is 0 Å². The van der Waals surface area contributed by atoms with E-state index in [-0.39, 0.29) is 0 Å². The van der Waals surface area contributed by atoms with Gasteiger partial charge in [0.2, 0.25) is 0 Å². The predicted octanol–water partition coefficient (Wildman–Crippen LogP) is 3.78. The molecule has 1 heteroatoms. The molecule has 0 spiro atoms. The van der Waals surface area contributed by atoms with Gasteiger partial charge in [-0.3, -0.25) is 0 Å². The standard InChI is InChI=1S/C15H26O/c1-10-5-7-12-11(2)6-8-14(13(12)9-10)15(3,4)16/h10,12-14,16H,2,5-9H2,1,3-4H3. The Morgan fingerprint density at radius 3 is 2.56 bits per heavy atom. The molecule has 4 unspecified atom stereocenters. The van der Waals surface area contributed by atoms with Gasteiger partial charge in [-0.15, -0.1) is 0 Å². The van der Waals surface area contributed by atoms with E-state index < -0.39 is 5.60 Å². The van der Waals surface area contributed by atoms with E-state index in [1.807, 2.05) is 13.8 Å². The van der Waals surface area contributed by atoms with Crippen LogP contribution in [0.5, 0.6) is 0 Å². The second kappa shape index (κ2) is 4.18. The first-order chi connectivity index (χ1) is 7.39. The summed E-state index contributed by atoms with van der Waals surface area (Å²) in [4.78, 5) is 0. The lowest BCUT2D eigenvalue weighted by Crippen LogP contribution is -2.44. The summed E-state index contributed by atoms with van der Waals surface area (Å²) in [7, 11) is 0. The number of aliphatic hydroxyl groups is 1. The van der Waals surface area contributed by atoms with Crippen LogP contribution >= 0.6 is 0 Å². The molecular formula is C15H26O. The van der Waals surface area contributed by atoms with Crippen molar-refractivity contribution in [3.05, 3.63) is 12.2 Å². The van der Waals surface area contributed by atoms with Gasteiger partial charge in [-0.2, -0.15) is 0 Å². The summed E-state index contributed by atoms with van der Waals surface area (Å²) in [6, 6.07) is 0. The van der Waals surface area contributed by atoms with E-state index >= 15 is 0 Å². The Morgan fingerprint density at radius 1 is 1.25 bits per heavy atom. The van der Waals surface area contributed by atoms with Crippen LogP contribution < -0.4 is 0 Å². The Morgan fingerprint density at radius 2 is 1.94 bits per heavy atom. The highest BCUT2D eigenvalue weighted by Gasteiger charge is 2.44. The van der Waals surface area contributed by atoms with Crippen molar-refractivity contribution in [2.75, 3.05) is 0 Å². The summed E-state index contributed by atoms with van der Waals surface area (Å²) >= 11 is 0. The van der Waals surface area contributed by atoms with Gasteiger partial charge in [-0.05, 0) is 63.2 Å². The molecule has 0 bridgehead atoms. The van der Waals surface area contributed by atoms with Crippen LogP contribution in [0.3, 0.4) is 0 Å². The fraction of sp³-hybridized carbons (Fsp3) is 0.867. The Kier molecular flexibility index (Phi) is 3.18. The first-order valence-corrected chi connectivity index (χ1v) is 6.79. The first-order valence-electron chi connectivity index (χ1n) is 6.79. The lowest BCUT2D eigenvalue weighted by molar-refractivity contribution is -0.0486. The minimum atomic E-state index is -0.513. The summed E-state index contributed by atoms with van der Waals surface area (Å²) in [5.74, 6) is 2.69. The Balaban J connectivity index is 2.19. The normalized spacial score (nSPS) is 40.6. The molecule has 2 fully saturated rings. The van der Waals surface area contributed by atoms with Gasteiger partial charge >= 0.3 is 0 Å². The summed E-state index contributed by atoms with van der Waals surface area (Å²) in [5, 5.41) is 10.3. The minimum absolute atomic E-state index is 0.478. The van der Waals surface area contributed by atoms with Crippen molar-refractivity contribution in [1.29, 1.82) is 0 Å². The smallest absolute Gasteiger partial charge is 0.0622 e. The second-order valence-electron chi connectivity index (χ2n) is 6.65. The fourth-order valence-corrected chi connectivity index (χ4v) is 3.99. The summed E-state index contributed by atoms with van der Waals surface area (Å²) < 4.78 is 0. The minimum Gasteiger partial charge on any atom is -0.390 e. The Bertz CT molecular complexity index is 274. The second-order valence-corrected chi connectivity index (χ2v) is 6.65. The molecule has 2 aliphatic carbocycles. The molecule has 4 atom stereocenters. The highest BCUT2D eigenvalue weighted by Crippen LogP contribution is 2.50. The van der Waals surface area contributed by atoms with Crippen LogP contribution in [0.2, 0.25) is 0 Å². The molecular weight excluding hydrogens is 196 g/mol. The Hall–Kier alpha value is -0.300. The number of rotatable bonds is 1. The molecule has 2 aliphatic rings. The monoisotopic (exact) mass is 222 g/mol. The van der Waals surface area contributed by atoms with Gasteiger partial charge in [-0.25, -0.2) is 0 Å². The molecule has 0 aromatic carbocycles. The SMILES string of the molecule is C=C1CCC(C(C)(C)O)C2CC(C)CCC12. The van der Waals surface area contributed by atoms with Crippen molar-refractivity contribution in [1.82, 2.24) is 0 Å². The van der Waals surface area contributed by atoms with Crippen LogP contribution in [-0.4, -0.2) is 10.7 Å². The quantitative estimate of drug-likeness (QED) is 0.669. The molecule has 2 rings (SSSR count). The maximum Gasteiger partial charge on any atom is 0.0622 e. The number of hydrogen-bond acceptors (Lipinski definition) is 1. The van der Waals surface area contributed by atoms with Gasteiger partial charge in [0.05, 0.1) is 5.60 Å². The van der Waals surface area contributed by atoms with Crippen molar-refractivity contribution >= 4 is 0 Å². The first kappa shape index (κ1) is 12.2. The van der Waals surface area contributed by atoms with Gasteiger partial charge in [-0.1, -0.05) is 25.5 Å². The molecule has 2 saturated carbocycles. The molecule has 16 heavy (non-hydrogen) atoms. The van der Waals surface area contributed by atoms with Crippen LogP contribution in [0.1, 0.15) is 52.9 Å². The van der Waals surface area contributed by atoms with Crippen molar-refractivity contribution in [2.24, 2.45) is 23.7 Å². The van der Waals surface area contributed by atoms with Crippen LogP contribution in [0, 0.1) is 23.7 Å². The maximum atomic E-state index is 10.3. The molecule has 0 radical (unpaired) electrons. The van der Waals surface area contributed by atoms with Crippen molar-refractivity contribution in [3.63, 3.8) is 0 Å². The largest absolute Gasteiger partial charge is 0.390 e. The van der Waals surface area contributed by atoms with E-state index in [9.17, 15) is 5.11 Å². The van der Waals surface area contributed by atoms with E-state index in [1.54, 1.807) is 0 Å². The summed E-state index contributed by atoms with van der Waals surface area (Å²) in [5.41, 5.74) is 0.943. The zero-order chi connectivity index (χ0) is 11.9. The van der Waals surface area contributed by atoms with Crippen molar-refractivity contribution in [2.45, 2.75) is 58.5 Å². The molecule has 0 saturated heterocycles. The number of fused-ring (bicyclic) bond motifs is 1. The Labute approximate surface area is 99.9 Å². The maximum absolute atomic E-state index is 10.3. The van der Waals surface area contributed by atoms with E-state index in [0.29, 0.717) is 17.8 Å². The average Bonchev–Trinajstić information content (AvgIpc) is 2.15. The van der Waals surface area contributed by atoms with Crippen molar-refractivity contribution in [3.8, 4) is 0 Å². The molecule has 0 heterocycles. The average molecular weight is 222 g/mol. The topological polar surface area (TPSA) is 20.2 Å². The molecule has 92 valence electrons. The van der Waals surface area contributed by atoms with Crippen LogP contribution in [0.25, 0.3) is 0 Å². The molecule has 0 aromatic heterocycles. The predicted molar refractivity (Wildman–Crippen MR) is 68.2 cm³/mol. The van der Waals surface area contributed by atoms with E-state index in [4.69, 9.17) is 0 Å². The van der Waals surface area contributed by atoms with Gasteiger partial charge in [0.1, 0.15) is 0 Å². The molecule has 1 nitrogen and oxygen atoms in total. The number of hydrogen-bond donors (Lipinski definition) is 1. The molecule has 0 amide bonds. The lowest BCUT2D eigenvalue weighted by atomic mass is 9.58. The highest BCUT2D eigenvalue weighted by atomic mass is 16.3.